The van der Waals surface area contributed by atoms with Crippen LogP contribution in [0.1, 0.15) is 41.9 Å². The van der Waals surface area contributed by atoms with Crippen LogP contribution in [0.3, 0.4) is 0 Å². The lowest BCUT2D eigenvalue weighted by Gasteiger charge is -2.05. The van der Waals surface area contributed by atoms with Gasteiger partial charge in [0.05, 0.1) is 5.75 Å². The number of oxazole rings is 1. The molecule has 0 spiro atoms. The summed E-state index contributed by atoms with van der Waals surface area (Å²) in [5, 5.41) is -0.460. The molecule has 1 aromatic heterocycles. The lowest BCUT2D eigenvalue weighted by Crippen LogP contribution is -2.09. The molecule has 0 radical (unpaired) electrons. The summed E-state index contributed by atoms with van der Waals surface area (Å²) >= 11 is 0. The number of aryl methyl sites for hydroxylation is 2. The van der Waals surface area contributed by atoms with Crippen molar-refractivity contribution in [3.05, 3.63) is 17.3 Å². The summed E-state index contributed by atoms with van der Waals surface area (Å²) in [4.78, 5) is 4.32. The number of aromatic nitrogens is 1. The van der Waals surface area contributed by atoms with E-state index in [0.717, 1.165) is 12.8 Å². The fraction of sp³-hybridized carbons (Fsp3) is 0.727. The second-order valence-corrected chi connectivity index (χ2v) is 6.74. The third kappa shape index (κ3) is 2.52. The van der Waals surface area contributed by atoms with Crippen LogP contribution in [0.15, 0.2) is 4.42 Å². The van der Waals surface area contributed by atoms with Gasteiger partial charge in [-0.15, -0.1) is 0 Å². The first-order chi connectivity index (χ1) is 8.04. The molecule has 2 N–H and O–H groups in total. The number of nitrogens with zero attached hydrogens (tertiary/aromatic N) is 1. The molecule has 0 aliphatic carbocycles. The smallest absolute Gasteiger partial charge is 0.194 e. The largest absolute Gasteiger partial charge is 0.446 e. The van der Waals surface area contributed by atoms with Gasteiger partial charge in [0.15, 0.2) is 15.7 Å². The maximum Gasteiger partial charge on any atom is 0.194 e. The molecule has 0 bridgehead atoms. The summed E-state index contributed by atoms with van der Waals surface area (Å²) in [7, 11) is -3.02. The lowest BCUT2D eigenvalue weighted by molar-refractivity contribution is 0.464. The number of hydrogen-bond acceptors (Lipinski definition) is 5. The Morgan fingerprint density at radius 3 is 2.88 bits per heavy atom. The Morgan fingerprint density at radius 2 is 2.29 bits per heavy atom. The molecule has 1 aromatic rings. The summed E-state index contributed by atoms with van der Waals surface area (Å²) < 4.78 is 29.2. The Labute approximate surface area is 101 Å². The first-order valence-electron chi connectivity index (χ1n) is 5.92. The van der Waals surface area contributed by atoms with Crippen LogP contribution in [0.4, 0.5) is 0 Å². The van der Waals surface area contributed by atoms with Gasteiger partial charge in [-0.2, -0.15) is 0 Å². The molecule has 1 saturated heterocycles. The standard InChI is InChI=1S/C11H18N2O3S/c1-8-11(9-4-3-7-17(9,14)15)13-10(16-8)5-2-6-12/h9H,2-7,12H2,1H3. The molecular formula is C11H18N2O3S. The molecule has 17 heavy (non-hydrogen) atoms. The van der Waals surface area contributed by atoms with Crippen LogP contribution >= 0.6 is 0 Å². The minimum absolute atomic E-state index is 0.266. The second-order valence-electron chi connectivity index (χ2n) is 4.44. The first kappa shape index (κ1) is 12.6. The fourth-order valence-electron chi connectivity index (χ4n) is 2.22. The average Bonchev–Trinajstić information content (AvgIpc) is 2.78. The van der Waals surface area contributed by atoms with E-state index in [1.807, 2.05) is 0 Å². The van der Waals surface area contributed by atoms with Gasteiger partial charge in [0.25, 0.3) is 0 Å². The first-order valence-corrected chi connectivity index (χ1v) is 7.64. The van der Waals surface area contributed by atoms with E-state index >= 15 is 0 Å². The van der Waals surface area contributed by atoms with Gasteiger partial charge in [-0.25, -0.2) is 13.4 Å². The number of sulfone groups is 1. The molecule has 1 fully saturated rings. The molecular weight excluding hydrogens is 240 g/mol. The molecule has 0 amide bonds. The molecule has 1 aliphatic rings. The SMILES string of the molecule is Cc1oc(CCCN)nc1C1CCCS1(=O)=O. The van der Waals surface area contributed by atoms with Crippen molar-refractivity contribution in [3.8, 4) is 0 Å². The van der Waals surface area contributed by atoms with Crippen LogP contribution in [0.25, 0.3) is 0 Å². The van der Waals surface area contributed by atoms with Crippen molar-refractivity contribution in [1.82, 2.24) is 4.98 Å². The van der Waals surface area contributed by atoms with Crippen LogP contribution in [0, 0.1) is 6.92 Å². The molecule has 6 heteroatoms. The van der Waals surface area contributed by atoms with Crippen molar-refractivity contribution < 1.29 is 12.8 Å². The van der Waals surface area contributed by atoms with Gasteiger partial charge in [0, 0.05) is 6.42 Å². The van der Waals surface area contributed by atoms with E-state index in [-0.39, 0.29) is 5.75 Å². The molecule has 96 valence electrons. The molecule has 5 nitrogen and oxygen atoms in total. The maximum atomic E-state index is 11.8. The highest BCUT2D eigenvalue weighted by Gasteiger charge is 2.36. The van der Waals surface area contributed by atoms with Gasteiger partial charge in [-0.05, 0) is 32.7 Å². The van der Waals surface area contributed by atoms with Crippen molar-refractivity contribution in [2.75, 3.05) is 12.3 Å². The van der Waals surface area contributed by atoms with E-state index in [1.165, 1.54) is 0 Å². The van der Waals surface area contributed by atoms with Gasteiger partial charge >= 0.3 is 0 Å². The third-order valence-corrected chi connectivity index (χ3v) is 5.29. The van der Waals surface area contributed by atoms with Gasteiger partial charge in [-0.1, -0.05) is 0 Å². The molecule has 1 aliphatic heterocycles. The van der Waals surface area contributed by atoms with Crippen LogP contribution in [0.5, 0.6) is 0 Å². The zero-order chi connectivity index (χ0) is 12.5. The predicted octanol–water partition coefficient (Wildman–Crippen LogP) is 1.12. The van der Waals surface area contributed by atoms with E-state index < -0.39 is 15.1 Å². The topological polar surface area (TPSA) is 86.2 Å². The van der Waals surface area contributed by atoms with Crippen LogP contribution < -0.4 is 5.73 Å². The molecule has 0 saturated carbocycles. The summed E-state index contributed by atoms with van der Waals surface area (Å²) in [5.74, 6) is 1.50. The molecule has 0 aromatic carbocycles. The summed E-state index contributed by atoms with van der Waals surface area (Å²) in [5.41, 5.74) is 6.03. The highest BCUT2D eigenvalue weighted by atomic mass is 32.2. The number of rotatable bonds is 4. The average molecular weight is 258 g/mol. The number of hydrogen-bond donors (Lipinski definition) is 1. The number of nitrogens with two attached hydrogens (primary N) is 1. The molecule has 2 rings (SSSR count). The lowest BCUT2D eigenvalue weighted by atomic mass is 10.2. The molecule has 1 atom stereocenters. The van der Waals surface area contributed by atoms with Crippen LogP contribution in [-0.4, -0.2) is 25.7 Å². The van der Waals surface area contributed by atoms with E-state index in [2.05, 4.69) is 4.98 Å². The highest BCUT2D eigenvalue weighted by Crippen LogP contribution is 2.35. The van der Waals surface area contributed by atoms with Crippen molar-refractivity contribution in [1.29, 1.82) is 0 Å². The van der Waals surface area contributed by atoms with Crippen molar-refractivity contribution in [2.45, 2.75) is 37.9 Å². The van der Waals surface area contributed by atoms with E-state index in [9.17, 15) is 8.42 Å². The van der Waals surface area contributed by atoms with E-state index in [0.29, 0.717) is 36.7 Å². The Balaban J connectivity index is 2.24. The quantitative estimate of drug-likeness (QED) is 0.874. The van der Waals surface area contributed by atoms with Gasteiger partial charge < -0.3 is 10.2 Å². The van der Waals surface area contributed by atoms with Crippen molar-refractivity contribution in [2.24, 2.45) is 5.73 Å². The monoisotopic (exact) mass is 258 g/mol. The second kappa shape index (κ2) is 4.78. The molecule has 2 heterocycles. The van der Waals surface area contributed by atoms with Gasteiger partial charge in [0.2, 0.25) is 0 Å². The Morgan fingerprint density at radius 1 is 1.53 bits per heavy atom. The van der Waals surface area contributed by atoms with Gasteiger partial charge in [-0.3, -0.25) is 0 Å². The third-order valence-electron chi connectivity index (χ3n) is 3.11. The minimum Gasteiger partial charge on any atom is -0.446 e. The Bertz CT molecular complexity index is 493. The van der Waals surface area contributed by atoms with E-state index in [1.54, 1.807) is 6.92 Å². The summed E-state index contributed by atoms with van der Waals surface area (Å²) in [6, 6.07) is 0. The Hall–Kier alpha value is -0.880. The van der Waals surface area contributed by atoms with E-state index in [4.69, 9.17) is 10.2 Å². The normalized spacial score (nSPS) is 23.1. The van der Waals surface area contributed by atoms with Gasteiger partial charge in [0.1, 0.15) is 16.7 Å². The summed E-state index contributed by atoms with van der Waals surface area (Å²) in [6.07, 6.45) is 2.85. The fourth-order valence-corrected chi connectivity index (χ4v) is 4.16. The zero-order valence-electron chi connectivity index (χ0n) is 9.98. The zero-order valence-corrected chi connectivity index (χ0v) is 10.8. The van der Waals surface area contributed by atoms with Crippen molar-refractivity contribution >= 4 is 9.84 Å². The van der Waals surface area contributed by atoms with Crippen LogP contribution in [0.2, 0.25) is 0 Å². The summed E-state index contributed by atoms with van der Waals surface area (Å²) in [6.45, 7) is 2.36. The maximum absolute atomic E-state index is 11.8. The van der Waals surface area contributed by atoms with Crippen molar-refractivity contribution in [3.63, 3.8) is 0 Å². The Kier molecular flexibility index (Phi) is 3.53. The highest BCUT2D eigenvalue weighted by molar-refractivity contribution is 7.91. The minimum atomic E-state index is -3.02. The predicted molar refractivity (Wildman–Crippen MR) is 64.4 cm³/mol. The van der Waals surface area contributed by atoms with Crippen LogP contribution in [-0.2, 0) is 16.3 Å². The molecule has 1 unspecified atom stereocenters.